The summed E-state index contributed by atoms with van der Waals surface area (Å²) in [6, 6.07) is 17.6. The van der Waals surface area contributed by atoms with Crippen molar-refractivity contribution in [2.45, 2.75) is 12.3 Å². The van der Waals surface area contributed by atoms with Gasteiger partial charge < -0.3 is 10.6 Å². The Morgan fingerprint density at radius 1 is 1.05 bits per heavy atom. The number of benzene rings is 2. The lowest BCUT2D eigenvalue weighted by molar-refractivity contribution is -0.117. The molecule has 0 saturated carbocycles. The first-order chi connectivity index (χ1) is 9.34. The zero-order chi connectivity index (χ0) is 13.1. The maximum Gasteiger partial charge on any atom is 0.232 e. The number of carbonyl (C=O) groups excluding carboxylic acids is 1. The standard InChI is InChI=1S/C16H16N2O/c19-16(18-12-6-2-1-3-7-12)14-10-11-17-15-9-5-4-8-13(14)15/h1-9,14,17H,10-11H2,(H,18,19). The molecule has 1 amide bonds. The van der Waals surface area contributed by atoms with Crippen LogP contribution in [0, 0.1) is 0 Å². The van der Waals surface area contributed by atoms with E-state index >= 15 is 0 Å². The topological polar surface area (TPSA) is 41.1 Å². The fraction of sp³-hybridized carbons (Fsp3) is 0.188. The molecule has 0 aromatic heterocycles. The molecular formula is C16H16N2O. The Labute approximate surface area is 112 Å². The summed E-state index contributed by atoms with van der Waals surface area (Å²) in [5.74, 6) is -0.00203. The minimum absolute atomic E-state index is 0.0696. The summed E-state index contributed by atoms with van der Waals surface area (Å²) in [6.45, 7) is 0.837. The van der Waals surface area contributed by atoms with E-state index in [-0.39, 0.29) is 11.8 Å². The van der Waals surface area contributed by atoms with E-state index in [0.29, 0.717) is 0 Å². The molecule has 1 unspecified atom stereocenters. The summed E-state index contributed by atoms with van der Waals surface area (Å²) in [5, 5.41) is 6.32. The number of hydrogen-bond donors (Lipinski definition) is 2. The molecule has 1 aliphatic rings. The first kappa shape index (κ1) is 11.8. The maximum atomic E-state index is 12.4. The second-order valence-electron chi connectivity index (χ2n) is 4.71. The Morgan fingerprint density at radius 3 is 2.63 bits per heavy atom. The molecule has 1 aliphatic heterocycles. The fourth-order valence-electron chi connectivity index (χ4n) is 2.49. The number of carbonyl (C=O) groups is 1. The van der Waals surface area contributed by atoms with Crippen LogP contribution in [-0.4, -0.2) is 12.5 Å². The second kappa shape index (κ2) is 5.14. The summed E-state index contributed by atoms with van der Waals surface area (Å²) in [7, 11) is 0. The van der Waals surface area contributed by atoms with Crippen LogP contribution >= 0.6 is 0 Å². The van der Waals surface area contributed by atoms with Gasteiger partial charge in [-0.15, -0.1) is 0 Å². The molecule has 3 heteroatoms. The van der Waals surface area contributed by atoms with Crippen molar-refractivity contribution in [3.8, 4) is 0 Å². The number of rotatable bonds is 2. The quantitative estimate of drug-likeness (QED) is 0.861. The molecule has 1 heterocycles. The molecule has 2 aromatic rings. The smallest absolute Gasteiger partial charge is 0.232 e. The van der Waals surface area contributed by atoms with Gasteiger partial charge in [-0.3, -0.25) is 4.79 Å². The first-order valence-corrected chi connectivity index (χ1v) is 6.53. The lowest BCUT2D eigenvalue weighted by Gasteiger charge is -2.25. The van der Waals surface area contributed by atoms with Crippen molar-refractivity contribution in [3.63, 3.8) is 0 Å². The van der Waals surface area contributed by atoms with Gasteiger partial charge in [0.1, 0.15) is 0 Å². The number of anilines is 2. The highest BCUT2D eigenvalue weighted by molar-refractivity contribution is 5.97. The van der Waals surface area contributed by atoms with Gasteiger partial charge >= 0.3 is 0 Å². The number of amides is 1. The third kappa shape index (κ3) is 2.45. The van der Waals surface area contributed by atoms with Crippen molar-refractivity contribution in [2.24, 2.45) is 0 Å². The predicted octanol–water partition coefficient (Wildman–Crippen LogP) is 3.22. The summed E-state index contributed by atoms with van der Waals surface area (Å²) >= 11 is 0. The van der Waals surface area contributed by atoms with Crippen LogP contribution < -0.4 is 10.6 Å². The highest BCUT2D eigenvalue weighted by Gasteiger charge is 2.25. The van der Waals surface area contributed by atoms with Crippen LogP contribution in [0.4, 0.5) is 11.4 Å². The van der Waals surface area contributed by atoms with Crippen molar-refractivity contribution in [3.05, 3.63) is 60.2 Å². The van der Waals surface area contributed by atoms with Crippen LogP contribution in [0.3, 0.4) is 0 Å². The van der Waals surface area contributed by atoms with Gasteiger partial charge in [0.25, 0.3) is 0 Å². The van der Waals surface area contributed by atoms with Gasteiger partial charge in [0.05, 0.1) is 5.92 Å². The number of para-hydroxylation sites is 2. The van der Waals surface area contributed by atoms with Gasteiger partial charge in [0.15, 0.2) is 0 Å². The molecule has 0 fully saturated rings. The maximum absolute atomic E-state index is 12.4. The van der Waals surface area contributed by atoms with Crippen LogP contribution in [0.25, 0.3) is 0 Å². The molecule has 96 valence electrons. The molecule has 0 radical (unpaired) electrons. The lowest BCUT2D eigenvalue weighted by Crippen LogP contribution is -2.27. The Bertz CT molecular complexity index is 580. The van der Waals surface area contributed by atoms with Crippen LogP contribution in [0.5, 0.6) is 0 Å². The van der Waals surface area contributed by atoms with Crippen molar-refractivity contribution >= 4 is 17.3 Å². The molecule has 3 nitrogen and oxygen atoms in total. The summed E-state index contributed by atoms with van der Waals surface area (Å²) in [5.41, 5.74) is 3.01. The van der Waals surface area contributed by atoms with E-state index in [9.17, 15) is 4.79 Å². The largest absolute Gasteiger partial charge is 0.385 e. The molecule has 0 spiro atoms. The van der Waals surface area contributed by atoms with E-state index < -0.39 is 0 Å². The van der Waals surface area contributed by atoms with E-state index in [1.807, 2.05) is 54.6 Å². The van der Waals surface area contributed by atoms with Crippen molar-refractivity contribution in [1.82, 2.24) is 0 Å². The molecule has 0 bridgehead atoms. The number of nitrogens with one attached hydrogen (secondary N) is 2. The first-order valence-electron chi connectivity index (χ1n) is 6.53. The zero-order valence-electron chi connectivity index (χ0n) is 10.6. The molecule has 2 N–H and O–H groups in total. The average Bonchev–Trinajstić information content (AvgIpc) is 2.47. The molecule has 19 heavy (non-hydrogen) atoms. The highest BCUT2D eigenvalue weighted by atomic mass is 16.1. The fourth-order valence-corrected chi connectivity index (χ4v) is 2.49. The van der Waals surface area contributed by atoms with Gasteiger partial charge in [-0.25, -0.2) is 0 Å². The summed E-state index contributed by atoms with van der Waals surface area (Å²) in [6.07, 6.45) is 0.829. The third-order valence-corrected chi connectivity index (χ3v) is 3.44. The third-order valence-electron chi connectivity index (χ3n) is 3.44. The van der Waals surface area contributed by atoms with Crippen LogP contribution in [0.15, 0.2) is 54.6 Å². The van der Waals surface area contributed by atoms with Crippen LogP contribution in [-0.2, 0) is 4.79 Å². The Balaban J connectivity index is 1.82. The molecule has 0 aliphatic carbocycles. The highest BCUT2D eigenvalue weighted by Crippen LogP contribution is 2.32. The van der Waals surface area contributed by atoms with Crippen LogP contribution in [0.2, 0.25) is 0 Å². The van der Waals surface area contributed by atoms with Crippen molar-refractivity contribution in [2.75, 3.05) is 17.2 Å². The molecular weight excluding hydrogens is 236 g/mol. The Hall–Kier alpha value is -2.29. The molecule has 3 rings (SSSR count). The van der Waals surface area contributed by atoms with E-state index in [1.54, 1.807) is 0 Å². The molecule has 2 aromatic carbocycles. The van der Waals surface area contributed by atoms with Crippen LogP contribution in [0.1, 0.15) is 17.9 Å². The SMILES string of the molecule is O=C(Nc1ccccc1)C1CCNc2ccccc21. The average molecular weight is 252 g/mol. The van der Waals surface area contributed by atoms with E-state index in [4.69, 9.17) is 0 Å². The Kier molecular flexibility index (Phi) is 3.19. The van der Waals surface area contributed by atoms with Gasteiger partial charge in [0, 0.05) is 17.9 Å². The number of fused-ring (bicyclic) bond motifs is 1. The van der Waals surface area contributed by atoms with E-state index in [2.05, 4.69) is 10.6 Å². The zero-order valence-corrected chi connectivity index (χ0v) is 10.6. The van der Waals surface area contributed by atoms with Crippen molar-refractivity contribution < 1.29 is 4.79 Å². The van der Waals surface area contributed by atoms with E-state index in [0.717, 1.165) is 29.9 Å². The second-order valence-corrected chi connectivity index (χ2v) is 4.71. The monoisotopic (exact) mass is 252 g/mol. The minimum Gasteiger partial charge on any atom is -0.385 e. The Morgan fingerprint density at radius 2 is 1.79 bits per heavy atom. The number of hydrogen-bond acceptors (Lipinski definition) is 2. The summed E-state index contributed by atoms with van der Waals surface area (Å²) in [4.78, 5) is 12.4. The van der Waals surface area contributed by atoms with E-state index in [1.165, 1.54) is 0 Å². The van der Waals surface area contributed by atoms with Gasteiger partial charge in [-0.05, 0) is 30.2 Å². The minimum atomic E-state index is -0.0716. The van der Waals surface area contributed by atoms with Gasteiger partial charge in [0.2, 0.25) is 5.91 Å². The van der Waals surface area contributed by atoms with Gasteiger partial charge in [-0.1, -0.05) is 36.4 Å². The summed E-state index contributed by atoms with van der Waals surface area (Å²) < 4.78 is 0. The van der Waals surface area contributed by atoms with Gasteiger partial charge in [-0.2, -0.15) is 0 Å². The predicted molar refractivity (Wildman–Crippen MR) is 77.4 cm³/mol. The normalized spacial score (nSPS) is 17.2. The molecule has 1 atom stereocenters. The molecule has 0 saturated heterocycles. The lowest BCUT2D eigenvalue weighted by atomic mass is 9.90. The van der Waals surface area contributed by atoms with Crippen molar-refractivity contribution in [1.29, 1.82) is 0 Å².